The zero-order chi connectivity index (χ0) is 32.5. The van der Waals surface area contributed by atoms with Crippen molar-refractivity contribution in [3.05, 3.63) is 114 Å². The number of anilines is 1. The van der Waals surface area contributed by atoms with E-state index in [4.69, 9.17) is 0 Å². The summed E-state index contributed by atoms with van der Waals surface area (Å²) < 4.78 is 24.9. The second kappa shape index (κ2) is 16.0. The number of hydrogen-bond acceptors (Lipinski definition) is 4. The van der Waals surface area contributed by atoms with Gasteiger partial charge < -0.3 is 10.2 Å². The van der Waals surface area contributed by atoms with Crippen molar-refractivity contribution in [3.8, 4) is 0 Å². The van der Waals surface area contributed by atoms with Crippen LogP contribution in [0.5, 0.6) is 0 Å². The van der Waals surface area contributed by atoms with E-state index in [1.54, 1.807) is 6.07 Å². The molecule has 0 aromatic heterocycles. The number of carbonyl (C=O) groups is 2. The first-order valence-electron chi connectivity index (χ1n) is 16.2. The minimum absolute atomic E-state index is 0.0913. The number of nitrogens with zero attached hydrogens (tertiary/aromatic N) is 3. The molecular weight excluding hydrogens is 596 g/mol. The second-order valence-electron chi connectivity index (χ2n) is 11.9. The van der Waals surface area contributed by atoms with E-state index in [-0.39, 0.29) is 18.2 Å². The van der Waals surface area contributed by atoms with Crippen LogP contribution in [-0.4, -0.2) is 62.6 Å². The highest BCUT2D eigenvalue weighted by atomic mass is 32.2. The van der Waals surface area contributed by atoms with E-state index in [0.717, 1.165) is 54.4 Å². The van der Waals surface area contributed by atoms with Gasteiger partial charge in [-0.1, -0.05) is 98.8 Å². The summed E-state index contributed by atoms with van der Waals surface area (Å²) in [5.41, 5.74) is 3.42. The zero-order valence-electron chi connectivity index (χ0n) is 26.7. The lowest BCUT2D eigenvalue weighted by atomic mass is 10.00. The van der Waals surface area contributed by atoms with Crippen molar-refractivity contribution in [2.45, 2.75) is 58.2 Å². The van der Waals surface area contributed by atoms with Crippen molar-refractivity contribution in [1.82, 2.24) is 15.1 Å². The smallest absolute Gasteiger partial charge is 0.262 e. The van der Waals surface area contributed by atoms with E-state index in [1.807, 2.05) is 83.8 Å². The summed E-state index contributed by atoms with van der Waals surface area (Å²) in [6.07, 6.45) is 2.15. The average molecular weight is 641 g/mol. The number of amides is 2. The Morgan fingerprint density at radius 1 is 0.848 bits per heavy atom. The summed E-state index contributed by atoms with van der Waals surface area (Å²) in [5, 5.41) is 4.97. The van der Waals surface area contributed by atoms with Gasteiger partial charge in [0.2, 0.25) is 11.8 Å². The van der Waals surface area contributed by atoms with Gasteiger partial charge in [0.05, 0.1) is 18.2 Å². The van der Waals surface area contributed by atoms with Crippen LogP contribution in [-0.2, 0) is 33.8 Å². The van der Waals surface area contributed by atoms with Crippen molar-refractivity contribution in [2.75, 3.05) is 30.5 Å². The third-order valence-electron chi connectivity index (χ3n) is 8.82. The van der Waals surface area contributed by atoms with Crippen molar-refractivity contribution in [1.29, 1.82) is 0 Å². The molecule has 4 aromatic rings. The highest BCUT2D eigenvalue weighted by Gasteiger charge is 2.32. The van der Waals surface area contributed by atoms with Gasteiger partial charge in [0.1, 0.15) is 6.04 Å². The van der Waals surface area contributed by atoms with Gasteiger partial charge in [0.25, 0.3) is 11.3 Å². The van der Waals surface area contributed by atoms with Crippen LogP contribution in [0.15, 0.2) is 97.1 Å². The fourth-order valence-corrected chi connectivity index (χ4v) is 6.92. The molecule has 3 atom stereocenters. The van der Waals surface area contributed by atoms with Crippen molar-refractivity contribution in [3.63, 3.8) is 0 Å². The fraction of sp³-hybridized carbons (Fsp3) is 0.351. The molecule has 2 N–H and O–H groups in total. The number of fused-ring (bicyclic) bond motifs is 1. The molecule has 46 heavy (non-hydrogen) atoms. The molecule has 1 aliphatic heterocycles. The standard InChI is InChI=1S/C37H44N4O4S/c1-3-39(4-2)27-29-18-16-28(17-19-29)24-34(37(43)40-22-10-11-23-40)38-36(42)26-35(31-13-6-5-7-14-31)41(46(44)45)33-21-20-30-12-8-9-15-32(30)25-33/h5-9,12-21,25,34-35H,3-4,10-11,22-24,26-27H2,1-2H3,(H,38,42)(H,44,45). The van der Waals surface area contributed by atoms with Crippen LogP contribution in [0.25, 0.3) is 10.8 Å². The van der Waals surface area contributed by atoms with Crippen LogP contribution >= 0.6 is 0 Å². The number of likely N-dealkylation sites (tertiary alicyclic amines) is 1. The Morgan fingerprint density at radius 2 is 1.48 bits per heavy atom. The largest absolute Gasteiger partial charge is 0.344 e. The van der Waals surface area contributed by atoms with E-state index in [1.165, 1.54) is 9.87 Å². The van der Waals surface area contributed by atoms with E-state index in [0.29, 0.717) is 25.2 Å². The van der Waals surface area contributed by atoms with Gasteiger partial charge >= 0.3 is 0 Å². The Kier molecular flexibility index (Phi) is 11.6. The van der Waals surface area contributed by atoms with Gasteiger partial charge in [-0.05, 0) is 65.5 Å². The molecule has 1 saturated heterocycles. The normalized spacial score (nSPS) is 15.1. The first kappa shape index (κ1) is 33.3. The Bertz CT molecular complexity index is 1620. The molecule has 4 aromatic carbocycles. The number of carbonyl (C=O) groups excluding carboxylic acids is 2. The molecule has 0 saturated carbocycles. The van der Waals surface area contributed by atoms with Gasteiger partial charge in [-0.2, -0.15) is 0 Å². The molecular formula is C37H44N4O4S. The maximum Gasteiger partial charge on any atom is 0.262 e. The minimum Gasteiger partial charge on any atom is -0.344 e. The molecule has 1 fully saturated rings. The minimum atomic E-state index is -2.43. The summed E-state index contributed by atoms with van der Waals surface area (Å²) >= 11 is -2.43. The average Bonchev–Trinajstić information content (AvgIpc) is 3.62. The van der Waals surface area contributed by atoms with Gasteiger partial charge in [-0.15, -0.1) is 0 Å². The Balaban J connectivity index is 1.39. The SMILES string of the molecule is CCN(CC)Cc1ccc(CC(NC(=O)CC(c2ccccc2)N(c2ccc3ccccc3c2)S(=O)O)C(=O)N2CCCC2)cc1. The monoisotopic (exact) mass is 640 g/mol. The molecule has 1 aliphatic rings. The summed E-state index contributed by atoms with van der Waals surface area (Å²) in [6.45, 7) is 8.47. The van der Waals surface area contributed by atoms with E-state index in [2.05, 4.69) is 36.2 Å². The number of nitrogens with one attached hydrogen (secondary N) is 1. The maximum atomic E-state index is 13.9. The Labute approximate surface area is 274 Å². The molecule has 3 unspecified atom stereocenters. The van der Waals surface area contributed by atoms with Gasteiger partial charge in [-0.25, -0.2) is 4.21 Å². The predicted molar refractivity (Wildman–Crippen MR) is 186 cm³/mol. The quantitative estimate of drug-likeness (QED) is 0.162. The molecule has 0 aliphatic carbocycles. The number of hydrogen-bond donors (Lipinski definition) is 2. The molecule has 9 heteroatoms. The highest BCUT2D eigenvalue weighted by Crippen LogP contribution is 2.33. The van der Waals surface area contributed by atoms with E-state index >= 15 is 0 Å². The van der Waals surface area contributed by atoms with Crippen molar-refractivity contribution < 1.29 is 18.4 Å². The predicted octanol–water partition coefficient (Wildman–Crippen LogP) is 6.11. The number of benzene rings is 4. The fourth-order valence-electron chi connectivity index (χ4n) is 6.21. The van der Waals surface area contributed by atoms with Crippen molar-refractivity contribution >= 4 is 39.5 Å². The molecule has 242 valence electrons. The van der Waals surface area contributed by atoms with Crippen LogP contribution in [0.3, 0.4) is 0 Å². The third-order valence-corrected chi connectivity index (χ3v) is 9.62. The highest BCUT2D eigenvalue weighted by molar-refractivity contribution is 7.80. The molecule has 8 nitrogen and oxygen atoms in total. The van der Waals surface area contributed by atoms with E-state index < -0.39 is 23.4 Å². The topological polar surface area (TPSA) is 93.2 Å². The number of rotatable bonds is 14. The Morgan fingerprint density at radius 3 is 2.13 bits per heavy atom. The summed E-state index contributed by atoms with van der Waals surface area (Å²) in [6, 6.07) is 29.4. The molecule has 0 radical (unpaired) electrons. The van der Waals surface area contributed by atoms with Crippen molar-refractivity contribution in [2.24, 2.45) is 0 Å². The van der Waals surface area contributed by atoms with E-state index in [9.17, 15) is 18.4 Å². The van der Waals surface area contributed by atoms with Gasteiger partial charge in [0, 0.05) is 26.1 Å². The van der Waals surface area contributed by atoms with Crippen LogP contribution < -0.4 is 9.62 Å². The first-order chi connectivity index (χ1) is 22.4. The summed E-state index contributed by atoms with van der Waals surface area (Å²) in [7, 11) is 0. The lowest BCUT2D eigenvalue weighted by Crippen LogP contribution is -2.49. The van der Waals surface area contributed by atoms with Crippen LogP contribution in [0.2, 0.25) is 0 Å². The summed E-state index contributed by atoms with van der Waals surface area (Å²) in [5.74, 6) is -0.452. The summed E-state index contributed by atoms with van der Waals surface area (Å²) in [4.78, 5) is 31.8. The van der Waals surface area contributed by atoms with Crippen LogP contribution in [0.1, 0.15) is 55.8 Å². The molecule has 0 spiro atoms. The zero-order valence-corrected chi connectivity index (χ0v) is 27.5. The van der Waals surface area contributed by atoms with Crippen LogP contribution in [0, 0.1) is 0 Å². The third kappa shape index (κ3) is 8.40. The molecule has 2 amide bonds. The molecule has 5 rings (SSSR count). The second-order valence-corrected chi connectivity index (χ2v) is 12.7. The Hall–Kier alpha value is -4.05. The lowest BCUT2D eigenvalue weighted by molar-refractivity contribution is -0.135. The molecule has 0 bridgehead atoms. The lowest BCUT2D eigenvalue weighted by Gasteiger charge is -2.31. The van der Waals surface area contributed by atoms with Gasteiger partial charge in [-0.3, -0.25) is 23.3 Å². The first-order valence-corrected chi connectivity index (χ1v) is 17.2. The van der Waals surface area contributed by atoms with Crippen LogP contribution in [0.4, 0.5) is 5.69 Å². The molecule has 1 heterocycles. The maximum absolute atomic E-state index is 13.9. The van der Waals surface area contributed by atoms with Gasteiger partial charge in [0.15, 0.2) is 0 Å².